The van der Waals surface area contributed by atoms with Crippen molar-refractivity contribution >= 4 is 15.9 Å². The van der Waals surface area contributed by atoms with Crippen LogP contribution < -0.4 is 5.32 Å². The fourth-order valence-corrected chi connectivity index (χ4v) is 8.63. The van der Waals surface area contributed by atoms with Crippen molar-refractivity contribution in [2.75, 3.05) is 39.3 Å². The normalized spacial score (nSPS) is 32.8. The van der Waals surface area contributed by atoms with Crippen LogP contribution >= 0.6 is 0 Å². The third-order valence-electron chi connectivity index (χ3n) is 8.23. The van der Waals surface area contributed by atoms with Gasteiger partial charge in [-0.15, -0.1) is 0 Å². The largest absolute Gasteiger partial charge is 0.355 e. The van der Waals surface area contributed by atoms with Gasteiger partial charge in [-0.2, -0.15) is 4.31 Å². The van der Waals surface area contributed by atoms with E-state index < -0.39 is 15.8 Å². The smallest absolute Gasteiger partial charge is 0.243 e. The Balaban J connectivity index is 1.05. The van der Waals surface area contributed by atoms with Crippen molar-refractivity contribution in [3.05, 3.63) is 30.1 Å². The van der Waals surface area contributed by atoms with E-state index in [4.69, 9.17) is 0 Å². The molecular formula is C24H34FN3O3S. The average Bonchev–Trinajstić information content (AvgIpc) is 2.73. The maximum Gasteiger partial charge on any atom is 0.243 e. The van der Waals surface area contributed by atoms with Crippen molar-refractivity contribution in [2.45, 2.75) is 49.8 Å². The molecule has 176 valence electrons. The molecule has 8 heteroatoms. The van der Waals surface area contributed by atoms with Gasteiger partial charge in [-0.25, -0.2) is 12.8 Å². The van der Waals surface area contributed by atoms with Gasteiger partial charge in [-0.05, 0) is 86.0 Å². The summed E-state index contributed by atoms with van der Waals surface area (Å²) < 4.78 is 40.0. The van der Waals surface area contributed by atoms with E-state index >= 15 is 0 Å². The average molecular weight is 464 g/mol. The van der Waals surface area contributed by atoms with Gasteiger partial charge in [0.1, 0.15) is 5.82 Å². The van der Waals surface area contributed by atoms with E-state index in [1.807, 2.05) is 0 Å². The van der Waals surface area contributed by atoms with Crippen LogP contribution in [0.25, 0.3) is 0 Å². The third-order valence-corrected chi connectivity index (χ3v) is 10.1. The van der Waals surface area contributed by atoms with Crippen LogP contribution in [0.4, 0.5) is 4.39 Å². The molecular weight excluding hydrogens is 429 g/mol. The number of sulfonamides is 1. The Hall–Kier alpha value is -1.51. The Morgan fingerprint density at radius 1 is 0.969 bits per heavy atom. The lowest BCUT2D eigenvalue weighted by molar-refractivity contribution is -0.129. The van der Waals surface area contributed by atoms with Crippen LogP contribution in [0.1, 0.15) is 44.9 Å². The predicted octanol–water partition coefficient (Wildman–Crippen LogP) is 2.85. The van der Waals surface area contributed by atoms with Gasteiger partial charge in [-0.1, -0.05) is 0 Å². The summed E-state index contributed by atoms with van der Waals surface area (Å²) in [5.41, 5.74) is 0.263. The van der Waals surface area contributed by atoms with Crippen LogP contribution in [0.3, 0.4) is 0 Å². The van der Waals surface area contributed by atoms with Crippen molar-refractivity contribution in [3.8, 4) is 0 Å². The van der Waals surface area contributed by atoms with E-state index in [9.17, 15) is 17.6 Å². The number of nitrogens with zero attached hydrogens (tertiary/aromatic N) is 2. The molecule has 1 N–H and O–H groups in total. The van der Waals surface area contributed by atoms with Crippen LogP contribution in [-0.2, 0) is 14.8 Å². The molecule has 6 rings (SSSR count). The van der Waals surface area contributed by atoms with Gasteiger partial charge in [0.15, 0.2) is 0 Å². The molecule has 1 saturated heterocycles. The van der Waals surface area contributed by atoms with Gasteiger partial charge in [0.2, 0.25) is 15.9 Å². The fourth-order valence-electron chi connectivity index (χ4n) is 7.21. The summed E-state index contributed by atoms with van der Waals surface area (Å²) in [7, 11) is -3.59. The summed E-state index contributed by atoms with van der Waals surface area (Å²) in [4.78, 5) is 15.0. The predicted molar refractivity (Wildman–Crippen MR) is 120 cm³/mol. The molecule has 1 amide bonds. The van der Waals surface area contributed by atoms with Crippen molar-refractivity contribution in [2.24, 2.45) is 23.2 Å². The van der Waals surface area contributed by atoms with E-state index in [2.05, 4.69) is 10.2 Å². The molecule has 0 spiro atoms. The molecule has 4 bridgehead atoms. The van der Waals surface area contributed by atoms with Crippen LogP contribution in [0, 0.1) is 29.0 Å². The zero-order valence-electron chi connectivity index (χ0n) is 18.6. The molecule has 4 aliphatic carbocycles. The van der Waals surface area contributed by atoms with Gasteiger partial charge >= 0.3 is 0 Å². The van der Waals surface area contributed by atoms with Crippen LogP contribution in [0.15, 0.2) is 29.2 Å². The van der Waals surface area contributed by atoms with E-state index in [0.717, 1.165) is 24.3 Å². The molecule has 4 saturated carbocycles. The molecule has 0 aromatic heterocycles. The molecule has 6 nitrogen and oxygen atoms in total. The maximum atomic E-state index is 13.1. The molecule has 1 heterocycles. The Labute approximate surface area is 190 Å². The summed E-state index contributed by atoms with van der Waals surface area (Å²) in [5.74, 6) is 2.31. The summed E-state index contributed by atoms with van der Waals surface area (Å²) in [6.07, 6.45) is 8.60. The maximum absolute atomic E-state index is 13.1. The Morgan fingerprint density at radius 3 is 2.09 bits per heavy atom. The third kappa shape index (κ3) is 4.59. The molecule has 5 fully saturated rings. The number of amides is 1. The molecule has 1 aromatic rings. The van der Waals surface area contributed by atoms with Crippen molar-refractivity contribution in [3.63, 3.8) is 0 Å². The highest BCUT2D eigenvalue weighted by Gasteiger charge is 2.51. The van der Waals surface area contributed by atoms with Crippen molar-refractivity contribution in [1.82, 2.24) is 14.5 Å². The molecule has 0 atom stereocenters. The second kappa shape index (κ2) is 8.69. The summed E-state index contributed by atoms with van der Waals surface area (Å²) >= 11 is 0. The van der Waals surface area contributed by atoms with E-state index in [-0.39, 0.29) is 16.2 Å². The first-order valence-corrected chi connectivity index (χ1v) is 13.5. The minimum Gasteiger partial charge on any atom is -0.355 e. The number of hydrogen-bond donors (Lipinski definition) is 1. The number of benzene rings is 1. The van der Waals surface area contributed by atoms with Crippen molar-refractivity contribution in [1.29, 1.82) is 0 Å². The number of piperazine rings is 1. The highest BCUT2D eigenvalue weighted by atomic mass is 32.2. The monoisotopic (exact) mass is 463 g/mol. The number of carbonyl (C=O) groups is 1. The minimum absolute atomic E-state index is 0.129. The topological polar surface area (TPSA) is 69.7 Å². The first-order chi connectivity index (χ1) is 15.3. The Kier molecular flexibility index (Phi) is 6.05. The molecule has 0 radical (unpaired) electrons. The Morgan fingerprint density at radius 2 is 1.53 bits per heavy atom. The standard InChI is InChI=1S/C24H34FN3O3S/c25-21-1-3-22(4-2-21)32(30,31)28-9-7-27(8-10-28)6-5-26-23(29)17-24-14-18-11-19(15-24)13-20(12-18)16-24/h1-4,18-20H,5-17H2,(H,26,29). The lowest BCUT2D eigenvalue weighted by Crippen LogP contribution is -2.50. The lowest BCUT2D eigenvalue weighted by Gasteiger charge is -2.56. The zero-order chi connectivity index (χ0) is 22.3. The molecule has 0 unspecified atom stereocenters. The number of halogens is 1. The molecule has 32 heavy (non-hydrogen) atoms. The van der Waals surface area contributed by atoms with Gasteiger partial charge in [0.05, 0.1) is 4.90 Å². The number of rotatable bonds is 7. The van der Waals surface area contributed by atoms with E-state index in [1.165, 1.54) is 67.1 Å². The van der Waals surface area contributed by atoms with E-state index in [1.54, 1.807) is 0 Å². The second-order valence-corrected chi connectivity index (χ2v) is 12.6. The molecule has 1 aliphatic heterocycles. The second-order valence-electron chi connectivity index (χ2n) is 10.6. The highest BCUT2D eigenvalue weighted by molar-refractivity contribution is 7.89. The van der Waals surface area contributed by atoms with Gasteiger partial charge in [-0.3, -0.25) is 9.69 Å². The van der Waals surface area contributed by atoms with Crippen LogP contribution in [0.2, 0.25) is 0 Å². The van der Waals surface area contributed by atoms with Crippen LogP contribution in [0.5, 0.6) is 0 Å². The SMILES string of the molecule is O=C(CC12CC3CC(CC(C3)C1)C2)NCCN1CCN(S(=O)(=O)c2ccc(F)cc2)CC1. The van der Waals surface area contributed by atoms with Gasteiger partial charge in [0.25, 0.3) is 0 Å². The van der Waals surface area contributed by atoms with Crippen molar-refractivity contribution < 1.29 is 17.6 Å². The molecule has 5 aliphatic rings. The zero-order valence-corrected chi connectivity index (χ0v) is 19.5. The van der Waals surface area contributed by atoms with Gasteiger partial charge in [0, 0.05) is 45.7 Å². The quantitative estimate of drug-likeness (QED) is 0.675. The molecule has 1 aromatic carbocycles. The summed E-state index contributed by atoms with van der Waals surface area (Å²) in [6.45, 7) is 3.41. The lowest BCUT2D eigenvalue weighted by atomic mass is 9.49. The first kappa shape index (κ1) is 22.3. The minimum atomic E-state index is -3.59. The highest BCUT2D eigenvalue weighted by Crippen LogP contribution is 2.61. The fraction of sp³-hybridized carbons (Fsp3) is 0.708. The number of carbonyl (C=O) groups excluding carboxylic acids is 1. The number of nitrogens with one attached hydrogen (secondary N) is 1. The first-order valence-electron chi connectivity index (χ1n) is 12.1. The summed E-state index contributed by atoms with van der Waals surface area (Å²) in [5, 5.41) is 3.13. The number of hydrogen-bond acceptors (Lipinski definition) is 4. The summed E-state index contributed by atoms with van der Waals surface area (Å²) in [6, 6.07) is 4.98. The van der Waals surface area contributed by atoms with Crippen LogP contribution in [-0.4, -0.2) is 62.8 Å². The van der Waals surface area contributed by atoms with E-state index in [0.29, 0.717) is 39.1 Å². The Bertz CT molecular complexity index is 906. The van der Waals surface area contributed by atoms with Gasteiger partial charge < -0.3 is 5.32 Å².